The van der Waals surface area contributed by atoms with Crippen molar-refractivity contribution < 1.29 is 125 Å². The highest BCUT2D eigenvalue weighted by molar-refractivity contribution is 7.99. The van der Waals surface area contributed by atoms with Crippen LogP contribution in [-0.4, -0.2) is 342 Å². The quantitative estimate of drug-likeness (QED) is 0.00273. The van der Waals surface area contributed by atoms with Crippen LogP contribution < -0.4 is 30.3 Å². The van der Waals surface area contributed by atoms with Crippen molar-refractivity contribution in [1.29, 1.82) is 0 Å². The van der Waals surface area contributed by atoms with E-state index >= 15 is 9.59 Å². The van der Waals surface area contributed by atoms with Gasteiger partial charge in [-0.15, -0.1) is 23.5 Å². The number of methoxy groups -OCH3 is 5. The molecule has 2 spiro atoms. The smallest absolute Gasteiger partial charge is 0.407 e. The number of aromatic amines is 2. The predicted octanol–water partition coefficient (Wildman–Crippen LogP) is 9.48. The molecule has 3 amide bonds. The Morgan fingerprint density at radius 1 is 0.610 bits per heavy atom. The predicted molar refractivity (Wildman–Crippen MR) is 549 cm³/mol. The van der Waals surface area contributed by atoms with Crippen LogP contribution in [0.15, 0.2) is 102 Å². The summed E-state index contributed by atoms with van der Waals surface area (Å²) in [5.41, 5.74) is 9.62. The van der Waals surface area contributed by atoms with Crippen molar-refractivity contribution in [1.82, 2.24) is 34.9 Å². The lowest BCUT2D eigenvalue weighted by Crippen LogP contribution is -2.81. The van der Waals surface area contributed by atoms with Crippen LogP contribution >= 0.6 is 38.7 Å². The highest BCUT2D eigenvalue weighted by atomic mass is 32.2. The fourth-order valence-electron chi connectivity index (χ4n) is 28.3. The molecule has 39 nitrogen and oxygen atoms in total. The Balaban J connectivity index is 0.000000185. The molecule has 6 aromatic rings. The number of nitrogens with one attached hydrogen (secondary N) is 3. The average Bonchev–Trinajstić information content (AvgIpc) is 1.48. The van der Waals surface area contributed by atoms with Gasteiger partial charge in [-0.25, -0.2) is 9.59 Å². The number of azide groups is 1. The van der Waals surface area contributed by atoms with Gasteiger partial charge < -0.3 is 113 Å². The van der Waals surface area contributed by atoms with Crippen LogP contribution in [0.5, 0.6) is 11.5 Å². The largest absolute Gasteiger partial charge is 0.496 e. The summed E-state index contributed by atoms with van der Waals surface area (Å²) in [4.78, 5) is 129. The van der Waals surface area contributed by atoms with Gasteiger partial charge in [0.15, 0.2) is 11.7 Å². The number of aromatic nitrogens is 2. The lowest BCUT2D eigenvalue weighted by atomic mass is 9.47. The van der Waals surface area contributed by atoms with Gasteiger partial charge in [0.05, 0.1) is 96.6 Å². The van der Waals surface area contributed by atoms with Gasteiger partial charge in [0.25, 0.3) is 5.91 Å². The highest BCUT2D eigenvalue weighted by Gasteiger charge is 2.82. The number of hydrogen-bond acceptors (Lipinski definition) is 33. The molecule has 2 aromatic heterocycles. The van der Waals surface area contributed by atoms with Crippen molar-refractivity contribution in [2.75, 3.05) is 186 Å². The third-order valence-electron chi connectivity index (χ3n) is 33.8. The molecule has 21 atom stereocenters. The molecule has 12 heterocycles. The molecule has 4 saturated heterocycles. The number of primary amides is 1. The third-order valence-corrected chi connectivity index (χ3v) is 39.0. The number of fused-ring (bicyclic) bond motifs is 12. The number of amides is 3. The summed E-state index contributed by atoms with van der Waals surface area (Å²) < 4.78 is 79.7. The molecule has 0 radical (unpaired) electrons. The number of carbonyl (C=O) groups excluding carboxylic acids is 7. The van der Waals surface area contributed by atoms with Crippen LogP contribution in [0.3, 0.4) is 0 Å². The van der Waals surface area contributed by atoms with E-state index in [1.54, 1.807) is 28.1 Å². The number of H-pyrrole nitrogens is 2. The second kappa shape index (κ2) is 42.9. The third kappa shape index (κ3) is 18.2. The van der Waals surface area contributed by atoms with Crippen molar-refractivity contribution in [3.05, 3.63) is 152 Å². The average molecular weight is 2100 g/mol. The number of aliphatic hydroxyl groups is 6. The monoisotopic (exact) mass is 2100 g/mol. The molecular formula is C103H141N13O26P2S2. The Morgan fingerprint density at radius 2 is 1.08 bits per heavy atom. The number of carbonyl (C=O) groups is 7. The Kier molecular flexibility index (Phi) is 32.2. The normalized spacial score (nSPS) is 32.5. The van der Waals surface area contributed by atoms with Gasteiger partial charge in [-0.3, -0.25) is 52.7 Å². The Morgan fingerprint density at radius 3 is 1.52 bits per heavy atom. The molecule has 4 aromatic carbocycles. The zero-order valence-corrected chi connectivity index (χ0v) is 88.8. The van der Waals surface area contributed by atoms with Crippen LogP contribution in [0.25, 0.3) is 32.2 Å². The fourth-order valence-corrected chi connectivity index (χ4v) is 31.9. The van der Waals surface area contributed by atoms with Crippen molar-refractivity contribution in [2.45, 2.75) is 206 Å². The number of nitrogens with zero attached hydrogens (tertiary/aromatic N) is 9. The van der Waals surface area contributed by atoms with Gasteiger partial charge in [0.2, 0.25) is 11.5 Å². The van der Waals surface area contributed by atoms with Crippen molar-refractivity contribution in [3.63, 3.8) is 0 Å². The lowest BCUT2D eigenvalue weighted by molar-refractivity contribution is -0.228. The minimum absolute atomic E-state index is 0.0422. The maximum Gasteiger partial charge on any atom is 0.407 e. The molecule has 2 saturated carbocycles. The number of esters is 4. The van der Waals surface area contributed by atoms with E-state index in [1.807, 2.05) is 116 Å². The molecule has 43 heteroatoms. The number of rotatable bonds is 32. The first-order valence-electron chi connectivity index (χ1n) is 50.6. The van der Waals surface area contributed by atoms with E-state index in [2.05, 4.69) is 67.6 Å². The first kappa shape index (κ1) is 110. The van der Waals surface area contributed by atoms with Gasteiger partial charge in [-0.1, -0.05) is 88.4 Å². The maximum atomic E-state index is 15.5. The van der Waals surface area contributed by atoms with Gasteiger partial charge in [0, 0.05) is 191 Å². The summed E-state index contributed by atoms with van der Waals surface area (Å²) in [5, 5.41) is 80.9. The van der Waals surface area contributed by atoms with E-state index < -0.39 is 148 Å². The highest BCUT2D eigenvalue weighted by Crippen LogP contribution is 2.72. The summed E-state index contributed by atoms with van der Waals surface area (Å²) in [6.45, 7) is 18.8. The number of nitrogens with two attached hydrogens (primary N) is 1. The number of alkyl carbamates (subject to hydrolysis) is 1. The van der Waals surface area contributed by atoms with E-state index in [1.165, 1.54) is 51.8 Å². The van der Waals surface area contributed by atoms with Gasteiger partial charge in [-0.2, -0.15) is 0 Å². The zero-order chi connectivity index (χ0) is 105. The summed E-state index contributed by atoms with van der Waals surface area (Å²) in [5.74, 6) is -2.82. The number of para-hydroxylation sites is 2. The Bertz CT molecular complexity index is 6160. The summed E-state index contributed by atoms with van der Waals surface area (Å²) in [6.07, 6.45) is 9.21. The molecule has 146 heavy (non-hydrogen) atoms. The second-order valence-corrected chi connectivity index (χ2v) is 47.3. The summed E-state index contributed by atoms with van der Waals surface area (Å²) >= 11 is 2.83. The molecule has 4 bridgehead atoms. The van der Waals surface area contributed by atoms with E-state index in [0.29, 0.717) is 182 Å². The number of thioether (sulfide) groups is 2. The number of aliphatic hydroxyl groups excluding tert-OH is 2. The topological polar surface area (TPSA) is 525 Å². The van der Waals surface area contributed by atoms with Crippen LogP contribution in [0.1, 0.15) is 157 Å². The SMILES string of the molecule is CCOP(=O)(CC(=O)N=[N+]=[N-])OCC.CC[C@]1(O)C[C@@H]2CN(CCc3c([nH]c4ccccc34)[C@@](C(=O)OC)(c3cc4c(cc3OC)N(CSCCO)[C@H]3[C@@](O)(C(=O)OC)[C@H](OC(C)=O)[C@]5(CC)C=CCN6CC[C@]43[C@@H]65)C2)C1.CC[C@]1(O)C[C@@H]2CN(CCc3c([nH]c4ccccc34)[C@@](C(=O)OC)(c3cc4c(cc3OC)N(CSCCOC(=O)NCCP(=O)(O)OC)[C@H]3[C@@](O)(C(N)=O)[C@H](O)[C@]5(CC)C=CCN6CC[C@]43[C@@H]65)C2)C1. The molecule has 3 unspecified atom stereocenters. The number of anilines is 2. The molecule has 12 N–H and O–H groups in total. The van der Waals surface area contributed by atoms with Crippen LogP contribution in [0, 0.1) is 22.7 Å². The lowest BCUT2D eigenvalue weighted by Gasteiger charge is -2.63. The van der Waals surface area contributed by atoms with Gasteiger partial charge >= 0.3 is 45.2 Å². The molecule has 10 aliphatic heterocycles. The standard InChI is InChI=1S/C49H67N6O12PS.C48H62N4O10S.C6H12N3O4P/c1-6-45(60)25-30-26-48(43(58)65-4,38-32(13-18-53(27-30)28-45)31-11-8-9-12-35(31)52-38)34-23-33-36(24-37(34)64-3)55(29-69-22-20-67-44(59)51-16-21-68(62,63)66-5)40-47(33)15-19-54-17-10-14-46(7-2,39(47)54)41(56)49(40,61)42(50)57;1-7-44(57)24-30-25-47(42(55)60-5,38-32(14-18-50(26-30)27-44)31-12-9-10-13-35(31)49-38)34-22-33-36(23-37(34)59-4)52(28-63-21-20-53)40-46(33)16-19-51-17-11-15-45(8-2,39(46)51)41(62-29(3)54)48(40,58)43(56)61-6;1-3-12-14(11,13-4-2)5-6(10)8-9-7/h8-12,14,23-24,30,39-41,52,56,60-61H,6-7,13,15-22,25-29H2,1-5H3,(H2,50,57)(H,51,59)(H,62,63);9-13,15,22-23,30,39-41,49,53,57-58H,7-8,14,16-21,24-28H2,1-6H3;3-5H2,1-2H3/t30-,39-,40+,41+,45-,46+,47+,48-,49-;30-,39-,40+,41+,44-,45+,46+,47-,48-;/m00./s1. The summed E-state index contributed by atoms with van der Waals surface area (Å²) in [7, 11) is 1.09. The molecule has 18 rings (SSSR count). The van der Waals surface area contributed by atoms with E-state index in [0.717, 1.165) is 56.9 Å². The fraction of sp³-hybridized carbons (Fsp3) is 0.621. The van der Waals surface area contributed by atoms with Gasteiger partial charge in [-0.05, 0) is 173 Å². The van der Waals surface area contributed by atoms with Crippen LogP contribution in [-0.2, 0) is 110 Å². The van der Waals surface area contributed by atoms with Gasteiger partial charge in [0.1, 0.15) is 41.2 Å². The first-order valence-corrected chi connectivity index (χ1v) is 56.4. The minimum Gasteiger partial charge on any atom is -0.496 e. The van der Waals surface area contributed by atoms with Crippen molar-refractivity contribution in [3.8, 4) is 11.5 Å². The number of hydrogen-bond donors (Lipinski definition) is 11. The molecular weight excluding hydrogens is 1960 g/mol. The minimum atomic E-state index is -3.83. The van der Waals surface area contributed by atoms with Crippen LogP contribution in [0.4, 0.5) is 16.2 Å². The van der Waals surface area contributed by atoms with Crippen LogP contribution in [0.2, 0.25) is 0 Å². The first-order chi connectivity index (χ1) is 69.8. The number of benzene rings is 4. The maximum absolute atomic E-state index is 15.5. The molecule has 12 aliphatic rings. The molecule has 796 valence electrons. The zero-order valence-electron chi connectivity index (χ0n) is 85.4. The van der Waals surface area contributed by atoms with Crippen molar-refractivity contribution in [2.24, 2.45) is 33.5 Å². The molecule has 2 aliphatic carbocycles. The van der Waals surface area contributed by atoms with E-state index in [9.17, 15) is 68.6 Å². The van der Waals surface area contributed by atoms with Crippen molar-refractivity contribution >= 4 is 114 Å². The molecule has 6 fully saturated rings. The van der Waals surface area contributed by atoms with E-state index in [-0.39, 0.29) is 80.9 Å². The number of ether oxygens (including phenoxy) is 7. The summed E-state index contributed by atoms with van der Waals surface area (Å²) in [6, 6.07) is 21.2. The number of piperidine rings is 2. The Hall–Kier alpha value is -9.16. The van der Waals surface area contributed by atoms with E-state index in [4.69, 9.17) is 53.5 Å². The Labute approximate surface area is 858 Å². The second-order valence-electron chi connectivity index (χ2n) is 41.0.